The van der Waals surface area contributed by atoms with Gasteiger partial charge in [0.25, 0.3) is 0 Å². The summed E-state index contributed by atoms with van der Waals surface area (Å²) < 4.78 is 24.8. The van der Waals surface area contributed by atoms with Crippen LogP contribution in [0.1, 0.15) is 20.3 Å². The fourth-order valence-corrected chi connectivity index (χ4v) is 2.25. The summed E-state index contributed by atoms with van der Waals surface area (Å²) in [6, 6.07) is 0. The zero-order chi connectivity index (χ0) is 10.5. The Morgan fingerprint density at radius 3 is 2.46 bits per heavy atom. The van der Waals surface area contributed by atoms with Crippen LogP contribution in [0, 0.1) is 11.3 Å². The molecule has 78 valence electrons. The van der Waals surface area contributed by atoms with Gasteiger partial charge < -0.3 is 5.73 Å². The van der Waals surface area contributed by atoms with Crippen molar-refractivity contribution in [1.82, 2.24) is 4.72 Å². The average molecular weight is 207 g/mol. The lowest BCUT2D eigenvalue weighted by Gasteiger charge is -2.07. The van der Waals surface area contributed by atoms with E-state index in [0.717, 1.165) is 0 Å². The summed E-state index contributed by atoms with van der Waals surface area (Å²) in [5, 5.41) is 6.89. The molecule has 0 spiro atoms. The Bertz CT molecular complexity index is 259. The lowest BCUT2D eigenvalue weighted by atomic mass is 10.3. The van der Waals surface area contributed by atoms with Crippen LogP contribution in [0.3, 0.4) is 0 Å². The first-order chi connectivity index (χ1) is 5.83. The molecule has 0 amide bonds. The largest absolute Gasteiger partial charge is 0.388 e. The number of rotatable bonds is 6. The third kappa shape index (κ3) is 7.73. The number of sulfonamides is 1. The maximum absolute atomic E-state index is 11.2. The molecule has 4 N–H and O–H groups in total. The first-order valence-corrected chi connectivity index (χ1v) is 5.79. The van der Waals surface area contributed by atoms with Crippen LogP contribution in [0.5, 0.6) is 0 Å². The molecule has 0 rings (SSSR count). The van der Waals surface area contributed by atoms with E-state index in [9.17, 15) is 8.42 Å². The molecule has 0 fully saturated rings. The molecule has 0 bridgehead atoms. The highest BCUT2D eigenvalue weighted by Crippen LogP contribution is 1.96. The first-order valence-electron chi connectivity index (χ1n) is 4.13. The van der Waals surface area contributed by atoms with Gasteiger partial charge in [-0.05, 0) is 5.92 Å². The van der Waals surface area contributed by atoms with Crippen LogP contribution in [-0.4, -0.2) is 26.6 Å². The molecule has 13 heavy (non-hydrogen) atoms. The fraction of sp³-hybridized carbons (Fsp3) is 0.857. The molecule has 0 aliphatic carbocycles. The zero-order valence-corrected chi connectivity index (χ0v) is 8.82. The molecule has 0 aromatic heterocycles. The second kappa shape index (κ2) is 5.18. The van der Waals surface area contributed by atoms with Gasteiger partial charge in [0.1, 0.15) is 0 Å². The van der Waals surface area contributed by atoms with Gasteiger partial charge in [0.05, 0.1) is 11.6 Å². The number of hydrogen-bond acceptors (Lipinski definition) is 3. The minimum Gasteiger partial charge on any atom is -0.388 e. The minimum absolute atomic E-state index is 0.00718. The van der Waals surface area contributed by atoms with Crippen LogP contribution in [0.2, 0.25) is 0 Å². The van der Waals surface area contributed by atoms with Gasteiger partial charge in [-0.15, -0.1) is 0 Å². The van der Waals surface area contributed by atoms with Crippen LogP contribution in [0.25, 0.3) is 0 Å². The predicted octanol–water partition coefficient (Wildman–Crippen LogP) is -0.112. The summed E-state index contributed by atoms with van der Waals surface area (Å²) in [5.41, 5.74) is 5.07. The third-order valence-electron chi connectivity index (χ3n) is 1.27. The van der Waals surface area contributed by atoms with Crippen LogP contribution in [-0.2, 0) is 10.0 Å². The molecule has 0 unspecified atom stereocenters. The van der Waals surface area contributed by atoms with Gasteiger partial charge in [-0.25, -0.2) is 13.1 Å². The standard InChI is InChI=1S/C7H17N3O2S/c1-6(2)5-13(11,12)10-4-3-7(8)9/h6,10H,3-5H2,1-2H3,(H3,8,9). The van der Waals surface area contributed by atoms with Gasteiger partial charge in [0.2, 0.25) is 10.0 Å². The van der Waals surface area contributed by atoms with Crippen molar-refractivity contribution in [1.29, 1.82) is 5.41 Å². The Labute approximate surface area is 79.3 Å². The highest BCUT2D eigenvalue weighted by molar-refractivity contribution is 7.89. The van der Waals surface area contributed by atoms with Crippen molar-refractivity contribution >= 4 is 15.9 Å². The van der Waals surface area contributed by atoms with Crippen molar-refractivity contribution < 1.29 is 8.42 Å². The summed E-state index contributed by atoms with van der Waals surface area (Å²) >= 11 is 0. The molecule has 0 aromatic rings. The summed E-state index contributed by atoms with van der Waals surface area (Å²) in [5.74, 6) is 0.215. The molecule has 0 aliphatic rings. The van der Waals surface area contributed by atoms with Crippen LogP contribution >= 0.6 is 0 Å². The van der Waals surface area contributed by atoms with E-state index in [1.165, 1.54) is 0 Å². The number of hydrogen-bond donors (Lipinski definition) is 3. The first kappa shape index (κ1) is 12.4. The second-order valence-corrected chi connectivity index (χ2v) is 5.20. The molecule has 0 saturated carbocycles. The fourth-order valence-electron chi connectivity index (χ4n) is 0.839. The van der Waals surface area contributed by atoms with E-state index in [1.54, 1.807) is 0 Å². The van der Waals surface area contributed by atoms with Gasteiger partial charge in [-0.3, -0.25) is 5.41 Å². The maximum atomic E-state index is 11.2. The number of amidine groups is 1. The number of nitrogens with one attached hydrogen (secondary N) is 2. The minimum atomic E-state index is -3.18. The molecule has 6 heteroatoms. The van der Waals surface area contributed by atoms with Crippen molar-refractivity contribution in [3.05, 3.63) is 0 Å². The van der Waals surface area contributed by atoms with Crippen LogP contribution in [0.4, 0.5) is 0 Å². The van der Waals surface area contributed by atoms with Gasteiger partial charge in [0, 0.05) is 13.0 Å². The van der Waals surface area contributed by atoms with Gasteiger partial charge in [0.15, 0.2) is 0 Å². The van der Waals surface area contributed by atoms with E-state index in [1.807, 2.05) is 13.8 Å². The Morgan fingerprint density at radius 1 is 1.54 bits per heavy atom. The molecular formula is C7H17N3O2S. The van der Waals surface area contributed by atoms with E-state index in [4.69, 9.17) is 11.1 Å². The maximum Gasteiger partial charge on any atom is 0.211 e. The quantitative estimate of drug-likeness (QED) is 0.419. The molecule has 0 saturated heterocycles. The van der Waals surface area contributed by atoms with Crippen molar-refractivity contribution in [3.8, 4) is 0 Å². The summed E-state index contributed by atoms with van der Waals surface area (Å²) in [6.45, 7) is 3.89. The zero-order valence-electron chi connectivity index (χ0n) is 8.00. The van der Waals surface area contributed by atoms with E-state index < -0.39 is 10.0 Å². The van der Waals surface area contributed by atoms with Crippen molar-refractivity contribution in [2.75, 3.05) is 12.3 Å². The third-order valence-corrected chi connectivity index (χ3v) is 3.02. The average Bonchev–Trinajstić information content (AvgIpc) is 1.81. The SMILES string of the molecule is CC(C)CS(=O)(=O)NCCC(=N)N. The molecule has 5 nitrogen and oxygen atoms in total. The lowest BCUT2D eigenvalue weighted by molar-refractivity contribution is 0.569. The van der Waals surface area contributed by atoms with E-state index in [0.29, 0.717) is 0 Å². The Kier molecular flexibility index (Phi) is 4.94. The summed E-state index contributed by atoms with van der Waals surface area (Å²) in [7, 11) is -3.18. The van der Waals surface area contributed by atoms with Crippen molar-refractivity contribution in [3.63, 3.8) is 0 Å². The number of nitrogens with two attached hydrogens (primary N) is 1. The topological polar surface area (TPSA) is 96.0 Å². The van der Waals surface area contributed by atoms with Gasteiger partial charge in [-0.1, -0.05) is 13.8 Å². The van der Waals surface area contributed by atoms with Crippen LogP contribution in [0.15, 0.2) is 0 Å². The molecular weight excluding hydrogens is 190 g/mol. The van der Waals surface area contributed by atoms with Gasteiger partial charge >= 0.3 is 0 Å². The highest BCUT2D eigenvalue weighted by atomic mass is 32.2. The monoisotopic (exact) mass is 207 g/mol. The molecule has 0 aliphatic heterocycles. The predicted molar refractivity (Wildman–Crippen MR) is 53.2 cm³/mol. The molecule has 0 radical (unpaired) electrons. The summed E-state index contributed by atoms with van der Waals surface area (Å²) in [6.07, 6.45) is 0.261. The Morgan fingerprint density at radius 2 is 2.08 bits per heavy atom. The molecule has 0 aromatic carbocycles. The normalized spacial score (nSPS) is 11.9. The smallest absolute Gasteiger partial charge is 0.211 e. The lowest BCUT2D eigenvalue weighted by Crippen LogP contribution is -2.31. The van der Waals surface area contributed by atoms with Crippen molar-refractivity contribution in [2.45, 2.75) is 20.3 Å². The van der Waals surface area contributed by atoms with E-state index in [2.05, 4.69) is 4.72 Å². The van der Waals surface area contributed by atoms with Crippen LogP contribution < -0.4 is 10.5 Å². The molecule has 0 atom stereocenters. The van der Waals surface area contributed by atoms with E-state index >= 15 is 0 Å². The Balaban J connectivity index is 3.84. The van der Waals surface area contributed by atoms with E-state index in [-0.39, 0.29) is 30.5 Å². The Hall–Kier alpha value is -0.620. The van der Waals surface area contributed by atoms with Crippen molar-refractivity contribution in [2.24, 2.45) is 11.7 Å². The van der Waals surface area contributed by atoms with Gasteiger partial charge in [-0.2, -0.15) is 0 Å². The highest BCUT2D eigenvalue weighted by Gasteiger charge is 2.11. The second-order valence-electron chi connectivity index (χ2n) is 3.34. The molecule has 0 heterocycles. The summed E-state index contributed by atoms with van der Waals surface area (Å²) in [4.78, 5) is 0.